The highest BCUT2D eigenvalue weighted by atomic mass is 16.5. The van der Waals surface area contributed by atoms with Gasteiger partial charge in [0.1, 0.15) is 29.9 Å². The lowest BCUT2D eigenvalue weighted by Gasteiger charge is -2.48. The average Bonchev–Trinajstić information content (AvgIpc) is 3.33. The number of hydrogen-bond donors (Lipinski definition) is 0. The molecule has 1 aromatic heterocycles. The number of methoxy groups -OCH3 is 1. The molecule has 244 valence electrons. The van der Waals surface area contributed by atoms with Gasteiger partial charge in [0.15, 0.2) is 0 Å². The maximum atomic E-state index is 14.3. The molecule has 3 saturated carbocycles. The van der Waals surface area contributed by atoms with Gasteiger partial charge in [-0.1, -0.05) is 40.5 Å². The molecule has 0 radical (unpaired) electrons. The first-order chi connectivity index (χ1) is 21.6. The Morgan fingerprint density at radius 1 is 0.956 bits per heavy atom. The lowest BCUT2D eigenvalue weighted by atomic mass is 9.61. The maximum absolute atomic E-state index is 14.3. The molecule has 1 aromatic carbocycles. The van der Waals surface area contributed by atoms with Gasteiger partial charge in [-0.25, -0.2) is 9.97 Å². The van der Waals surface area contributed by atoms with Gasteiger partial charge < -0.3 is 23.9 Å². The van der Waals surface area contributed by atoms with Crippen molar-refractivity contribution in [2.24, 2.45) is 35.0 Å². The molecule has 9 nitrogen and oxygen atoms in total. The molecular formula is C36H49N3O6. The SMILES string of the molecule is COc1ccc2nc3c(nc2c1)O[C@H]1CN(C(=O)[C@H](C(C)(C)C)CC(=O)O[C@@H]2C4CCC(CC4)[C@H]2CCCCC3)[C@H](C=O)[C@@H]1C. The molecule has 9 heteroatoms. The summed E-state index contributed by atoms with van der Waals surface area (Å²) in [6.07, 6.45) is 9.79. The number of esters is 1. The first-order valence-corrected chi connectivity index (χ1v) is 17.0. The lowest BCUT2D eigenvalue weighted by Crippen LogP contribution is -2.48. The van der Waals surface area contributed by atoms with Crippen molar-refractivity contribution in [3.05, 3.63) is 23.9 Å². The summed E-state index contributed by atoms with van der Waals surface area (Å²) in [6.45, 7) is 8.12. The normalized spacial score (nSPS) is 33.0. The molecule has 5 aliphatic rings. The molecule has 3 heterocycles. The Hall–Kier alpha value is -3.23. The van der Waals surface area contributed by atoms with E-state index in [1.165, 1.54) is 12.8 Å². The van der Waals surface area contributed by atoms with Crippen molar-refractivity contribution < 1.29 is 28.6 Å². The molecule has 0 unspecified atom stereocenters. The van der Waals surface area contributed by atoms with E-state index in [0.717, 1.165) is 56.0 Å². The quantitative estimate of drug-likeness (QED) is 0.300. The molecule has 45 heavy (non-hydrogen) atoms. The third-order valence-corrected chi connectivity index (χ3v) is 11.2. The fourth-order valence-electron chi connectivity index (χ4n) is 8.43. The number of fused-ring (bicyclic) bond motifs is 6. The Morgan fingerprint density at radius 3 is 2.42 bits per heavy atom. The van der Waals surface area contributed by atoms with Crippen molar-refractivity contribution in [3.63, 3.8) is 0 Å². The van der Waals surface area contributed by atoms with E-state index in [1.54, 1.807) is 12.0 Å². The summed E-state index contributed by atoms with van der Waals surface area (Å²) in [7, 11) is 1.62. The van der Waals surface area contributed by atoms with Crippen LogP contribution in [0, 0.1) is 35.0 Å². The Bertz CT molecular complexity index is 1410. The Balaban J connectivity index is 1.35. The predicted octanol–water partition coefficient (Wildman–Crippen LogP) is 5.95. The first-order valence-electron chi connectivity index (χ1n) is 17.0. The van der Waals surface area contributed by atoms with Crippen molar-refractivity contribution in [1.82, 2.24) is 14.9 Å². The van der Waals surface area contributed by atoms with Crippen LogP contribution in [0.15, 0.2) is 18.2 Å². The standard InChI is InChI=1S/C36H49N3O6/c1-21-30(20-40)39-19-31(21)44-34-28(37-27-16-15-24(43-5)17-29(27)38-34)10-8-6-7-9-25-22-11-13-23(14-12-22)33(25)45-32(41)18-26(35(39)42)36(2,3)4/h15-17,20-23,25-26,30-31,33H,6-14,18-19H2,1-5H3/t21-,22?,23?,25+,26+,30+,31-,33+/m0/s1. The van der Waals surface area contributed by atoms with Crippen molar-refractivity contribution in [2.45, 2.75) is 110 Å². The highest BCUT2D eigenvalue weighted by molar-refractivity contribution is 5.87. The second-order valence-corrected chi connectivity index (χ2v) is 15.0. The van der Waals surface area contributed by atoms with Gasteiger partial charge >= 0.3 is 5.97 Å². The van der Waals surface area contributed by atoms with Gasteiger partial charge in [-0.2, -0.15) is 0 Å². The molecule has 4 bridgehead atoms. The molecule has 2 aliphatic heterocycles. The van der Waals surface area contributed by atoms with Crippen LogP contribution in [0.5, 0.6) is 11.6 Å². The number of aryl methyl sites for hydroxylation is 1. The number of aldehydes is 1. The van der Waals surface area contributed by atoms with E-state index in [4.69, 9.17) is 24.2 Å². The monoisotopic (exact) mass is 619 g/mol. The molecule has 6 atom stereocenters. The van der Waals surface area contributed by atoms with Crippen molar-refractivity contribution in [3.8, 4) is 11.6 Å². The van der Waals surface area contributed by atoms with Gasteiger partial charge in [0.25, 0.3) is 0 Å². The van der Waals surface area contributed by atoms with Gasteiger partial charge in [-0.05, 0) is 80.2 Å². The molecule has 0 spiro atoms. The van der Waals surface area contributed by atoms with Gasteiger partial charge in [0.05, 0.1) is 43.1 Å². The number of aromatic nitrogens is 2. The van der Waals surface area contributed by atoms with E-state index < -0.39 is 23.5 Å². The summed E-state index contributed by atoms with van der Waals surface area (Å²) in [6, 6.07) is 4.98. The van der Waals surface area contributed by atoms with Crippen molar-refractivity contribution in [2.75, 3.05) is 13.7 Å². The van der Waals surface area contributed by atoms with Gasteiger partial charge in [0, 0.05) is 12.0 Å². The van der Waals surface area contributed by atoms with E-state index in [2.05, 4.69) is 0 Å². The number of benzene rings is 1. The van der Waals surface area contributed by atoms with Crippen molar-refractivity contribution >= 4 is 29.2 Å². The molecule has 0 N–H and O–H groups in total. The largest absolute Gasteiger partial charge is 0.497 e. The molecule has 1 amide bonds. The second-order valence-electron chi connectivity index (χ2n) is 15.0. The fourth-order valence-corrected chi connectivity index (χ4v) is 8.43. The minimum Gasteiger partial charge on any atom is -0.497 e. The zero-order valence-corrected chi connectivity index (χ0v) is 27.5. The Morgan fingerprint density at radius 2 is 1.71 bits per heavy atom. The molecule has 1 saturated heterocycles. The number of carbonyl (C=O) groups excluding carboxylic acids is 3. The molecular weight excluding hydrogens is 570 g/mol. The van der Waals surface area contributed by atoms with Crippen LogP contribution in [0.3, 0.4) is 0 Å². The zero-order valence-electron chi connectivity index (χ0n) is 27.5. The number of hydrogen-bond acceptors (Lipinski definition) is 8. The van der Waals surface area contributed by atoms with E-state index in [1.807, 2.05) is 45.9 Å². The van der Waals surface area contributed by atoms with Crippen LogP contribution < -0.4 is 9.47 Å². The molecule has 4 fully saturated rings. The number of amides is 1. The minimum atomic E-state index is -0.666. The molecule has 7 rings (SSSR count). The summed E-state index contributed by atoms with van der Waals surface area (Å²) >= 11 is 0. The summed E-state index contributed by atoms with van der Waals surface area (Å²) in [5.41, 5.74) is 1.74. The smallest absolute Gasteiger partial charge is 0.306 e. The van der Waals surface area contributed by atoms with Gasteiger partial charge in [-0.15, -0.1) is 0 Å². The third kappa shape index (κ3) is 6.41. The number of nitrogens with zero attached hydrogens (tertiary/aromatic N) is 3. The van der Waals surface area contributed by atoms with E-state index in [-0.39, 0.29) is 36.9 Å². The first kappa shape index (κ1) is 31.7. The highest BCUT2D eigenvalue weighted by Crippen LogP contribution is 2.49. The summed E-state index contributed by atoms with van der Waals surface area (Å²) in [5, 5.41) is 0. The maximum Gasteiger partial charge on any atom is 0.306 e. The van der Waals surface area contributed by atoms with Crippen LogP contribution in [-0.4, -0.2) is 64.9 Å². The van der Waals surface area contributed by atoms with Crippen LogP contribution in [0.25, 0.3) is 11.0 Å². The Labute approximate surface area is 266 Å². The van der Waals surface area contributed by atoms with Gasteiger partial charge in [-0.3, -0.25) is 9.59 Å². The molecule has 3 aliphatic carbocycles. The lowest BCUT2D eigenvalue weighted by molar-refractivity contribution is -0.170. The zero-order chi connectivity index (χ0) is 31.9. The minimum absolute atomic E-state index is 0.00700. The van der Waals surface area contributed by atoms with Crippen LogP contribution >= 0.6 is 0 Å². The average molecular weight is 620 g/mol. The van der Waals surface area contributed by atoms with Crippen LogP contribution in [-0.2, 0) is 25.5 Å². The van der Waals surface area contributed by atoms with Crippen LogP contribution in [0.1, 0.15) is 91.2 Å². The third-order valence-electron chi connectivity index (χ3n) is 11.2. The summed E-state index contributed by atoms with van der Waals surface area (Å²) < 4.78 is 18.4. The Kier molecular flexibility index (Phi) is 9.08. The summed E-state index contributed by atoms with van der Waals surface area (Å²) in [4.78, 5) is 51.9. The molecule has 2 aromatic rings. The number of ether oxygens (including phenoxy) is 3. The van der Waals surface area contributed by atoms with E-state index in [9.17, 15) is 14.4 Å². The van der Waals surface area contributed by atoms with E-state index >= 15 is 0 Å². The topological polar surface area (TPSA) is 108 Å². The van der Waals surface area contributed by atoms with Crippen LogP contribution in [0.2, 0.25) is 0 Å². The summed E-state index contributed by atoms with van der Waals surface area (Å²) in [5.74, 6) is 1.13. The number of rotatable bonds is 2. The highest BCUT2D eigenvalue weighted by Gasteiger charge is 2.49. The number of carbonyl (C=O) groups is 3. The fraction of sp³-hybridized carbons (Fsp3) is 0.694. The second kappa shape index (κ2) is 12.9. The van der Waals surface area contributed by atoms with Crippen molar-refractivity contribution in [1.29, 1.82) is 0 Å². The van der Waals surface area contributed by atoms with E-state index in [0.29, 0.717) is 41.3 Å². The van der Waals surface area contributed by atoms with Crippen LogP contribution in [0.4, 0.5) is 0 Å². The predicted molar refractivity (Wildman–Crippen MR) is 170 cm³/mol. The van der Waals surface area contributed by atoms with Gasteiger partial charge in [0.2, 0.25) is 11.8 Å².